The van der Waals surface area contributed by atoms with E-state index in [0.29, 0.717) is 25.2 Å². The van der Waals surface area contributed by atoms with Crippen molar-refractivity contribution in [1.82, 2.24) is 0 Å². The molecule has 4 saturated carbocycles. The number of carbonyl (C=O) groups is 2. The number of carbonyl (C=O) groups excluding carboxylic acids is 2. The van der Waals surface area contributed by atoms with Gasteiger partial charge in [-0.3, -0.25) is 4.79 Å². The summed E-state index contributed by atoms with van der Waals surface area (Å²) in [7, 11) is 0. The van der Waals surface area contributed by atoms with Gasteiger partial charge in [-0.15, -0.1) is 12.3 Å². The summed E-state index contributed by atoms with van der Waals surface area (Å²) in [6, 6.07) is 0. The van der Waals surface area contributed by atoms with E-state index < -0.39 is 17.1 Å². The zero-order valence-corrected chi connectivity index (χ0v) is 20.4. The van der Waals surface area contributed by atoms with E-state index in [1.54, 1.807) is 6.08 Å². The lowest BCUT2D eigenvalue weighted by Gasteiger charge is -2.65. The Morgan fingerprint density at radius 1 is 1.21 bits per heavy atom. The van der Waals surface area contributed by atoms with Crippen LogP contribution < -0.4 is 0 Å². The molecular formula is C28H38O6. The van der Waals surface area contributed by atoms with Crippen molar-refractivity contribution >= 4 is 11.9 Å². The van der Waals surface area contributed by atoms with Gasteiger partial charge in [-0.1, -0.05) is 13.8 Å². The normalized spacial score (nSPS) is 47.5. The highest BCUT2D eigenvalue weighted by atomic mass is 16.5. The van der Waals surface area contributed by atoms with Crippen LogP contribution in [-0.4, -0.2) is 46.6 Å². The second-order valence-electron chi connectivity index (χ2n) is 12.0. The van der Waals surface area contributed by atoms with E-state index in [9.17, 15) is 19.8 Å². The second kappa shape index (κ2) is 8.38. The lowest BCUT2D eigenvalue weighted by atomic mass is 9.42. The van der Waals surface area contributed by atoms with Gasteiger partial charge in [0.15, 0.2) is 0 Å². The first-order valence-electron chi connectivity index (χ1n) is 13.0. The summed E-state index contributed by atoms with van der Waals surface area (Å²) in [5, 5.41) is 23.9. The molecule has 186 valence electrons. The molecule has 1 heterocycles. The van der Waals surface area contributed by atoms with E-state index >= 15 is 0 Å². The van der Waals surface area contributed by atoms with Crippen molar-refractivity contribution < 1.29 is 29.3 Å². The molecule has 5 aliphatic rings. The Kier molecular flexibility index (Phi) is 5.89. The average molecular weight is 471 g/mol. The average Bonchev–Trinajstić information content (AvgIpc) is 3.34. The smallest absolute Gasteiger partial charge is 0.331 e. The maximum atomic E-state index is 12.3. The molecule has 5 rings (SSSR count). The quantitative estimate of drug-likeness (QED) is 0.482. The topological polar surface area (TPSA) is 93.1 Å². The number of rotatable bonds is 4. The molecule has 0 aromatic rings. The van der Waals surface area contributed by atoms with Crippen LogP contribution in [-0.2, 0) is 19.1 Å². The molecule has 0 radical (unpaired) electrons. The predicted octanol–water partition coefficient (Wildman–Crippen LogP) is 3.54. The van der Waals surface area contributed by atoms with Gasteiger partial charge in [-0.05, 0) is 86.0 Å². The van der Waals surface area contributed by atoms with E-state index in [2.05, 4.69) is 12.8 Å². The van der Waals surface area contributed by atoms with Crippen LogP contribution in [0.15, 0.2) is 11.6 Å². The fourth-order valence-electron chi connectivity index (χ4n) is 8.88. The van der Waals surface area contributed by atoms with Crippen molar-refractivity contribution in [2.24, 2.45) is 34.5 Å². The van der Waals surface area contributed by atoms with Crippen molar-refractivity contribution in [2.75, 3.05) is 6.61 Å². The highest BCUT2D eigenvalue weighted by Crippen LogP contribution is 2.70. The molecule has 0 aromatic heterocycles. The molecule has 0 saturated heterocycles. The molecule has 0 bridgehead atoms. The number of ether oxygens (including phenoxy) is 2. The van der Waals surface area contributed by atoms with Crippen LogP contribution in [0.5, 0.6) is 0 Å². The molecule has 0 amide bonds. The van der Waals surface area contributed by atoms with Crippen LogP contribution in [0.2, 0.25) is 0 Å². The maximum absolute atomic E-state index is 12.3. The molecule has 6 heteroatoms. The van der Waals surface area contributed by atoms with Crippen LogP contribution >= 0.6 is 0 Å². The number of aliphatic hydroxyl groups is 2. The summed E-state index contributed by atoms with van der Waals surface area (Å²) in [5.74, 6) is 2.69. The molecule has 4 aliphatic carbocycles. The zero-order valence-electron chi connectivity index (χ0n) is 20.4. The Balaban J connectivity index is 1.36. The number of terminal acetylenes is 1. The molecular weight excluding hydrogens is 432 g/mol. The highest BCUT2D eigenvalue weighted by Gasteiger charge is 2.70. The number of fused-ring (bicyclic) bond motifs is 5. The summed E-state index contributed by atoms with van der Waals surface area (Å²) in [6.07, 6.45) is 13.4. The monoisotopic (exact) mass is 470 g/mol. The van der Waals surface area contributed by atoms with Gasteiger partial charge < -0.3 is 19.7 Å². The first-order chi connectivity index (χ1) is 16.1. The van der Waals surface area contributed by atoms with Crippen LogP contribution in [0.25, 0.3) is 0 Å². The molecule has 0 unspecified atom stereocenters. The Bertz CT molecular complexity index is 934. The fourth-order valence-corrected chi connectivity index (χ4v) is 8.88. The number of aliphatic hydroxyl groups excluding tert-OH is 1. The van der Waals surface area contributed by atoms with Gasteiger partial charge in [0.2, 0.25) is 0 Å². The lowest BCUT2D eigenvalue weighted by Crippen LogP contribution is -2.67. The van der Waals surface area contributed by atoms with E-state index in [0.717, 1.165) is 44.1 Å². The maximum Gasteiger partial charge on any atom is 0.331 e. The molecule has 1 aliphatic heterocycles. The first-order valence-corrected chi connectivity index (χ1v) is 13.0. The van der Waals surface area contributed by atoms with Crippen molar-refractivity contribution in [3.63, 3.8) is 0 Å². The minimum Gasteiger partial charge on any atom is -0.462 e. The van der Waals surface area contributed by atoms with Gasteiger partial charge in [-0.2, -0.15) is 0 Å². The Morgan fingerprint density at radius 3 is 2.71 bits per heavy atom. The molecule has 6 nitrogen and oxygen atoms in total. The summed E-state index contributed by atoms with van der Waals surface area (Å²) < 4.78 is 10.9. The second-order valence-corrected chi connectivity index (χ2v) is 12.0. The van der Waals surface area contributed by atoms with Gasteiger partial charge in [0.25, 0.3) is 0 Å². The third kappa shape index (κ3) is 3.38. The van der Waals surface area contributed by atoms with Crippen molar-refractivity contribution in [2.45, 2.75) is 95.9 Å². The number of hydrogen-bond donors (Lipinski definition) is 2. The Hall–Kier alpha value is -1.84. The molecule has 34 heavy (non-hydrogen) atoms. The van der Waals surface area contributed by atoms with Gasteiger partial charge in [-0.25, -0.2) is 4.79 Å². The third-order valence-corrected chi connectivity index (χ3v) is 10.8. The van der Waals surface area contributed by atoms with Crippen LogP contribution in [0, 0.1) is 46.8 Å². The molecule has 4 fully saturated rings. The predicted molar refractivity (Wildman–Crippen MR) is 125 cm³/mol. The summed E-state index contributed by atoms with van der Waals surface area (Å²) in [6.45, 7) is 4.65. The Labute approximate surface area is 202 Å². The van der Waals surface area contributed by atoms with E-state index in [1.165, 1.54) is 0 Å². The third-order valence-electron chi connectivity index (χ3n) is 10.8. The lowest BCUT2D eigenvalue weighted by molar-refractivity contribution is -0.245. The molecule has 0 spiro atoms. The van der Waals surface area contributed by atoms with Crippen molar-refractivity contribution in [3.8, 4) is 12.3 Å². The van der Waals surface area contributed by atoms with Crippen molar-refractivity contribution in [1.29, 1.82) is 0 Å². The minimum absolute atomic E-state index is 0.00642. The van der Waals surface area contributed by atoms with Crippen LogP contribution in [0.4, 0.5) is 0 Å². The van der Waals surface area contributed by atoms with E-state index in [4.69, 9.17) is 15.9 Å². The molecule has 2 N–H and O–H groups in total. The first kappa shape index (κ1) is 23.9. The molecule has 9 atom stereocenters. The standard InChI is InChI=1S/C28H38O6/c1-4-5-6-24(30)34-19-9-11-26(2)18(14-19)7-8-21-22(26)15-23(29)27(3)20(10-12-28(21,27)32)17-13-25(31)33-16-17/h1,13,18-23,29,32H,5-12,14-16H2,2-3H3/t18-,19+,20-,21-,22+,23-,26+,27+,28+/m1/s1. The van der Waals surface area contributed by atoms with Crippen LogP contribution in [0.1, 0.15) is 78.1 Å². The number of hydrogen-bond acceptors (Lipinski definition) is 6. The van der Waals surface area contributed by atoms with Gasteiger partial charge in [0.05, 0.1) is 18.1 Å². The largest absolute Gasteiger partial charge is 0.462 e. The van der Waals surface area contributed by atoms with Gasteiger partial charge in [0.1, 0.15) is 12.7 Å². The van der Waals surface area contributed by atoms with E-state index in [-0.39, 0.29) is 54.2 Å². The van der Waals surface area contributed by atoms with Crippen LogP contribution in [0.3, 0.4) is 0 Å². The summed E-state index contributed by atoms with van der Waals surface area (Å²) in [5.41, 5.74) is -0.708. The number of cyclic esters (lactones) is 1. The minimum atomic E-state index is -0.959. The fraction of sp³-hybridized carbons (Fsp3) is 0.786. The van der Waals surface area contributed by atoms with Gasteiger partial charge in [0, 0.05) is 17.9 Å². The Morgan fingerprint density at radius 2 is 2.00 bits per heavy atom. The summed E-state index contributed by atoms with van der Waals surface area (Å²) >= 11 is 0. The SMILES string of the molecule is C#CCCC(=O)O[C@H]1CC[C@@]2(C)[C@H](CC[C@@H]3[C@@H]2C[C@@H](O)[C@]2(C)[C@@H](C4=CC(=O)OC4)CC[C@]32O)C1. The zero-order chi connectivity index (χ0) is 24.3. The highest BCUT2D eigenvalue weighted by molar-refractivity contribution is 5.85. The summed E-state index contributed by atoms with van der Waals surface area (Å²) in [4.78, 5) is 23.9. The number of esters is 2. The van der Waals surface area contributed by atoms with Gasteiger partial charge >= 0.3 is 11.9 Å². The van der Waals surface area contributed by atoms with Crippen molar-refractivity contribution in [3.05, 3.63) is 11.6 Å². The molecule has 0 aromatic carbocycles. The van der Waals surface area contributed by atoms with E-state index in [1.807, 2.05) is 6.92 Å².